The molecule has 0 amide bonds. The van der Waals surface area contributed by atoms with Gasteiger partial charge in [-0.25, -0.2) is 0 Å². The van der Waals surface area contributed by atoms with E-state index in [-0.39, 0.29) is 6.42 Å². The van der Waals surface area contributed by atoms with Crippen LogP contribution in [0.2, 0.25) is 0 Å². The third-order valence-electron chi connectivity index (χ3n) is 4.77. The lowest BCUT2D eigenvalue weighted by Crippen LogP contribution is -2.36. The Labute approximate surface area is 162 Å². The standard InChI is InChI=1S/C21H34O6/c1-20(2,3)18(24)26-16(22)15(13-12-14-10-8-7-9-11-14)17(23)27-19(25)21(4,5)6/h14-15H,7-13H2,1-6H3. The van der Waals surface area contributed by atoms with Gasteiger partial charge in [0.05, 0.1) is 10.8 Å². The largest absolute Gasteiger partial charge is 0.392 e. The van der Waals surface area contributed by atoms with E-state index in [2.05, 4.69) is 0 Å². The van der Waals surface area contributed by atoms with E-state index in [0.717, 1.165) is 25.7 Å². The van der Waals surface area contributed by atoms with Crippen molar-refractivity contribution in [2.75, 3.05) is 0 Å². The molecule has 154 valence electrons. The van der Waals surface area contributed by atoms with E-state index < -0.39 is 40.6 Å². The Morgan fingerprint density at radius 1 is 0.778 bits per heavy atom. The average Bonchev–Trinajstić information content (AvgIpc) is 2.54. The second kappa shape index (κ2) is 9.47. The Morgan fingerprint density at radius 3 is 1.56 bits per heavy atom. The third-order valence-corrected chi connectivity index (χ3v) is 4.77. The predicted molar refractivity (Wildman–Crippen MR) is 100 cm³/mol. The quantitative estimate of drug-likeness (QED) is 0.523. The first kappa shape index (κ1) is 23.3. The molecule has 1 aliphatic rings. The van der Waals surface area contributed by atoms with E-state index in [0.29, 0.717) is 12.3 Å². The smallest absolute Gasteiger partial charge is 0.327 e. The highest BCUT2D eigenvalue weighted by atomic mass is 16.6. The summed E-state index contributed by atoms with van der Waals surface area (Å²) in [4.78, 5) is 49.0. The molecule has 6 nitrogen and oxygen atoms in total. The monoisotopic (exact) mass is 382 g/mol. The Balaban J connectivity index is 2.83. The molecule has 0 radical (unpaired) electrons. The van der Waals surface area contributed by atoms with Crippen molar-refractivity contribution >= 4 is 23.9 Å². The summed E-state index contributed by atoms with van der Waals surface area (Å²) >= 11 is 0. The molecule has 0 aliphatic heterocycles. The molecule has 1 rings (SSSR count). The maximum Gasteiger partial charge on any atom is 0.327 e. The molecule has 27 heavy (non-hydrogen) atoms. The number of rotatable bonds is 5. The van der Waals surface area contributed by atoms with Crippen LogP contribution in [0.3, 0.4) is 0 Å². The van der Waals surface area contributed by atoms with Gasteiger partial charge in [0.15, 0.2) is 5.92 Å². The number of carbonyl (C=O) groups excluding carboxylic acids is 4. The zero-order valence-electron chi connectivity index (χ0n) is 17.6. The highest BCUT2D eigenvalue weighted by Crippen LogP contribution is 2.30. The first-order valence-electron chi connectivity index (χ1n) is 9.84. The molecule has 0 saturated heterocycles. The van der Waals surface area contributed by atoms with Crippen LogP contribution in [0.5, 0.6) is 0 Å². The summed E-state index contributed by atoms with van der Waals surface area (Å²) in [5, 5.41) is 0. The van der Waals surface area contributed by atoms with Crippen molar-refractivity contribution in [2.24, 2.45) is 22.7 Å². The van der Waals surface area contributed by atoms with Gasteiger partial charge in [-0.2, -0.15) is 0 Å². The summed E-state index contributed by atoms with van der Waals surface area (Å²) < 4.78 is 9.83. The summed E-state index contributed by atoms with van der Waals surface area (Å²) in [7, 11) is 0. The third kappa shape index (κ3) is 7.81. The molecule has 0 spiro atoms. The van der Waals surface area contributed by atoms with Gasteiger partial charge in [0, 0.05) is 0 Å². The number of hydrogen-bond donors (Lipinski definition) is 0. The molecular weight excluding hydrogens is 348 g/mol. The SMILES string of the molecule is CC(C)(C)C(=O)OC(=O)C(CCC1CCCCC1)C(=O)OC(=O)C(C)(C)C. The summed E-state index contributed by atoms with van der Waals surface area (Å²) in [6.07, 6.45) is 6.53. The average molecular weight is 382 g/mol. The Kier molecular flexibility index (Phi) is 8.18. The van der Waals surface area contributed by atoms with Gasteiger partial charge in [0.1, 0.15) is 0 Å². The van der Waals surface area contributed by atoms with Crippen molar-refractivity contribution in [3.63, 3.8) is 0 Å². The summed E-state index contributed by atoms with van der Waals surface area (Å²) in [6.45, 7) is 9.76. The minimum atomic E-state index is -1.26. The minimum absolute atomic E-state index is 0.219. The van der Waals surface area contributed by atoms with Gasteiger partial charge in [-0.15, -0.1) is 0 Å². The Hall–Kier alpha value is -1.72. The second-order valence-electron chi connectivity index (χ2n) is 9.55. The van der Waals surface area contributed by atoms with E-state index in [4.69, 9.17) is 9.47 Å². The van der Waals surface area contributed by atoms with Crippen molar-refractivity contribution in [3.05, 3.63) is 0 Å². The maximum absolute atomic E-state index is 12.5. The minimum Gasteiger partial charge on any atom is -0.392 e. The van der Waals surface area contributed by atoms with Crippen LogP contribution in [0, 0.1) is 22.7 Å². The molecule has 0 bridgehead atoms. The molecule has 0 unspecified atom stereocenters. The molecule has 0 aromatic heterocycles. The maximum atomic E-state index is 12.5. The van der Waals surface area contributed by atoms with E-state index in [1.165, 1.54) is 6.42 Å². The molecule has 6 heteroatoms. The number of esters is 4. The first-order chi connectivity index (χ1) is 12.3. The van der Waals surface area contributed by atoms with Crippen LogP contribution in [0.4, 0.5) is 0 Å². The predicted octanol–water partition coefficient (Wildman–Crippen LogP) is 4.19. The van der Waals surface area contributed by atoms with Gasteiger partial charge in [-0.3, -0.25) is 19.2 Å². The van der Waals surface area contributed by atoms with Gasteiger partial charge < -0.3 is 9.47 Å². The van der Waals surface area contributed by atoms with Crippen LogP contribution < -0.4 is 0 Å². The molecule has 0 heterocycles. The number of ether oxygens (including phenoxy) is 2. The van der Waals surface area contributed by atoms with Crippen LogP contribution in [0.25, 0.3) is 0 Å². The molecule has 0 atom stereocenters. The lowest BCUT2D eigenvalue weighted by Gasteiger charge is -2.24. The van der Waals surface area contributed by atoms with Crippen molar-refractivity contribution in [2.45, 2.75) is 86.5 Å². The fraction of sp³-hybridized carbons (Fsp3) is 0.810. The number of hydrogen-bond acceptors (Lipinski definition) is 6. The lowest BCUT2D eigenvalue weighted by molar-refractivity contribution is -0.176. The van der Waals surface area contributed by atoms with Gasteiger partial charge in [0.25, 0.3) is 0 Å². The normalized spacial score (nSPS) is 16.1. The van der Waals surface area contributed by atoms with E-state index in [9.17, 15) is 19.2 Å². The molecule has 0 N–H and O–H groups in total. The molecule has 1 fully saturated rings. The second-order valence-corrected chi connectivity index (χ2v) is 9.55. The van der Waals surface area contributed by atoms with E-state index >= 15 is 0 Å². The summed E-state index contributed by atoms with van der Waals surface area (Å²) in [5.74, 6) is -4.09. The van der Waals surface area contributed by atoms with E-state index in [1.54, 1.807) is 41.5 Å². The van der Waals surface area contributed by atoms with Crippen LogP contribution in [0.15, 0.2) is 0 Å². The van der Waals surface area contributed by atoms with E-state index in [1.807, 2.05) is 0 Å². The first-order valence-corrected chi connectivity index (χ1v) is 9.84. The zero-order valence-corrected chi connectivity index (χ0v) is 17.6. The lowest BCUT2D eigenvalue weighted by atomic mass is 9.84. The van der Waals surface area contributed by atoms with Crippen LogP contribution in [-0.2, 0) is 28.7 Å². The van der Waals surface area contributed by atoms with Crippen LogP contribution >= 0.6 is 0 Å². The van der Waals surface area contributed by atoms with Gasteiger partial charge in [-0.05, 0) is 60.3 Å². The highest BCUT2D eigenvalue weighted by Gasteiger charge is 2.37. The molecule has 0 aromatic rings. The Bertz CT molecular complexity index is 518. The fourth-order valence-electron chi connectivity index (χ4n) is 2.84. The molecular formula is C21H34O6. The van der Waals surface area contributed by atoms with Gasteiger partial charge in [-0.1, -0.05) is 32.1 Å². The summed E-state index contributed by atoms with van der Waals surface area (Å²) in [5.41, 5.74) is -1.73. The summed E-state index contributed by atoms with van der Waals surface area (Å²) in [6, 6.07) is 0. The Morgan fingerprint density at radius 2 is 1.19 bits per heavy atom. The van der Waals surface area contributed by atoms with Crippen LogP contribution in [0.1, 0.15) is 86.5 Å². The van der Waals surface area contributed by atoms with Crippen molar-refractivity contribution in [3.8, 4) is 0 Å². The van der Waals surface area contributed by atoms with Crippen molar-refractivity contribution in [1.29, 1.82) is 0 Å². The zero-order chi connectivity index (χ0) is 20.8. The van der Waals surface area contributed by atoms with Gasteiger partial charge >= 0.3 is 23.9 Å². The van der Waals surface area contributed by atoms with Crippen molar-refractivity contribution < 1.29 is 28.7 Å². The van der Waals surface area contributed by atoms with Gasteiger partial charge in [0.2, 0.25) is 0 Å². The van der Waals surface area contributed by atoms with Crippen LogP contribution in [-0.4, -0.2) is 23.9 Å². The highest BCUT2D eigenvalue weighted by molar-refractivity contribution is 6.03. The fourth-order valence-corrected chi connectivity index (χ4v) is 2.84. The topological polar surface area (TPSA) is 86.7 Å². The molecule has 0 aromatic carbocycles. The number of carbonyl (C=O) groups is 4. The molecule has 1 aliphatic carbocycles. The molecule has 1 saturated carbocycles. The van der Waals surface area contributed by atoms with Crippen molar-refractivity contribution in [1.82, 2.24) is 0 Å².